The van der Waals surface area contributed by atoms with Crippen LogP contribution < -0.4 is 5.32 Å². The molecule has 0 fully saturated rings. The number of hydrogen-bond acceptors (Lipinski definition) is 3. The van der Waals surface area contributed by atoms with E-state index >= 15 is 0 Å². The van der Waals surface area contributed by atoms with E-state index in [1.54, 1.807) is 6.20 Å². The van der Waals surface area contributed by atoms with Gasteiger partial charge in [-0.05, 0) is 0 Å². The zero-order valence-corrected chi connectivity index (χ0v) is 8.28. The van der Waals surface area contributed by atoms with Gasteiger partial charge in [-0.2, -0.15) is 0 Å². The van der Waals surface area contributed by atoms with Crippen molar-refractivity contribution in [2.24, 2.45) is 0 Å². The molecule has 5 heteroatoms. The van der Waals surface area contributed by atoms with Crippen molar-refractivity contribution >= 4 is 11.8 Å². The Morgan fingerprint density at radius 3 is 2.71 bits per heavy atom. The van der Waals surface area contributed by atoms with Gasteiger partial charge in [0, 0.05) is 33.0 Å². The maximum atomic E-state index is 10.9. The molecule has 0 radical (unpaired) electrons. The second-order valence-corrected chi connectivity index (χ2v) is 3.02. The molecule has 1 heterocycles. The molecule has 0 saturated carbocycles. The SMILES string of the molecule is CC(=O)NCCc1cn(C(C)=O)cn1. The van der Waals surface area contributed by atoms with E-state index < -0.39 is 0 Å². The third-order valence-corrected chi connectivity index (χ3v) is 1.75. The van der Waals surface area contributed by atoms with Gasteiger partial charge in [-0.25, -0.2) is 4.98 Å². The molecule has 0 bridgehead atoms. The van der Waals surface area contributed by atoms with Gasteiger partial charge in [0.2, 0.25) is 11.8 Å². The normalized spacial score (nSPS) is 9.86. The van der Waals surface area contributed by atoms with Crippen molar-refractivity contribution < 1.29 is 9.59 Å². The van der Waals surface area contributed by atoms with Crippen LogP contribution in [0.3, 0.4) is 0 Å². The highest BCUT2D eigenvalue weighted by molar-refractivity contribution is 5.75. The number of carbonyl (C=O) groups excluding carboxylic acids is 2. The molecular weight excluding hydrogens is 182 g/mol. The minimum Gasteiger partial charge on any atom is -0.356 e. The van der Waals surface area contributed by atoms with Crippen LogP contribution >= 0.6 is 0 Å². The van der Waals surface area contributed by atoms with Gasteiger partial charge in [-0.15, -0.1) is 0 Å². The molecule has 0 aliphatic rings. The number of carbonyl (C=O) groups is 2. The maximum Gasteiger partial charge on any atom is 0.228 e. The summed E-state index contributed by atoms with van der Waals surface area (Å²) in [6, 6.07) is 0. The summed E-state index contributed by atoms with van der Waals surface area (Å²) in [6.07, 6.45) is 3.79. The summed E-state index contributed by atoms with van der Waals surface area (Å²) in [4.78, 5) is 25.5. The van der Waals surface area contributed by atoms with Crippen molar-refractivity contribution in [1.82, 2.24) is 14.9 Å². The van der Waals surface area contributed by atoms with Crippen molar-refractivity contribution in [3.05, 3.63) is 18.2 Å². The van der Waals surface area contributed by atoms with Gasteiger partial charge in [0.1, 0.15) is 6.33 Å². The highest BCUT2D eigenvalue weighted by atomic mass is 16.2. The molecular formula is C9H13N3O2. The van der Waals surface area contributed by atoms with E-state index in [1.807, 2.05) is 0 Å². The molecule has 1 N–H and O–H groups in total. The standard InChI is InChI=1S/C9H13N3O2/c1-7(13)10-4-3-9-5-12(6-11-9)8(2)14/h5-6H,3-4H2,1-2H3,(H,10,13). The number of aromatic nitrogens is 2. The Labute approximate surface area is 82.1 Å². The quantitative estimate of drug-likeness (QED) is 0.750. The first-order chi connectivity index (χ1) is 6.59. The molecule has 0 aliphatic carbocycles. The molecule has 76 valence electrons. The zero-order chi connectivity index (χ0) is 10.6. The Hall–Kier alpha value is -1.65. The lowest BCUT2D eigenvalue weighted by atomic mass is 10.3. The number of amides is 1. The average Bonchev–Trinajstić information content (AvgIpc) is 2.52. The number of nitrogens with one attached hydrogen (secondary N) is 1. The molecule has 1 rings (SSSR count). The van der Waals surface area contributed by atoms with Crippen molar-refractivity contribution in [3.8, 4) is 0 Å². The first kappa shape index (κ1) is 10.4. The summed E-state index contributed by atoms with van der Waals surface area (Å²) in [6.45, 7) is 3.48. The summed E-state index contributed by atoms with van der Waals surface area (Å²) in [5, 5.41) is 2.66. The van der Waals surface area contributed by atoms with Crippen LogP contribution in [0.4, 0.5) is 0 Å². The Morgan fingerprint density at radius 1 is 1.50 bits per heavy atom. The Morgan fingerprint density at radius 2 is 2.21 bits per heavy atom. The van der Waals surface area contributed by atoms with Gasteiger partial charge in [0.05, 0.1) is 5.69 Å². The van der Waals surface area contributed by atoms with Crippen LogP contribution in [0, 0.1) is 0 Å². The van der Waals surface area contributed by atoms with Gasteiger partial charge in [-0.1, -0.05) is 0 Å². The topological polar surface area (TPSA) is 64.0 Å². The number of hydrogen-bond donors (Lipinski definition) is 1. The summed E-state index contributed by atoms with van der Waals surface area (Å²) in [5.74, 6) is -0.126. The second-order valence-electron chi connectivity index (χ2n) is 3.02. The van der Waals surface area contributed by atoms with Crippen LogP contribution in [-0.2, 0) is 11.2 Å². The van der Waals surface area contributed by atoms with E-state index in [9.17, 15) is 9.59 Å². The van der Waals surface area contributed by atoms with Crippen molar-refractivity contribution in [3.63, 3.8) is 0 Å². The van der Waals surface area contributed by atoms with Crippen LogP contribution in [0.1, 0.15) is 24.3 Å². The van der Waals surface area contributed by atoms with Crippen molar-refractivity contribution in [2.75, 3.05) is 6.54 Å². The minimum atomic E-state index is -0.0664. The summed E-state index contributed by atoms with van der Waals surface area (Å²) >= 11 is 0. The van der Waals surface area contributed by atoms with Gasteiger partial charge in [-0.3, -0.25) is 14.2 Å². The van der Waals surface area contributed by atoms with E-state index in [0.717, 1.165) is 5.69 Å². The minimum absolute atomic E-state index is 0.0593. The predicted molar refractivity (Wildman–Crippen MR) is 50.9 cm³/mol. The maximum absolute atomic E-state index is 10.9. The van der Waals surface area contributed by atoms with Crippen molar-refractivity contribution in [2.45, 2.75) is 20.3 Å². The molecule has 1 aromatic rings. The van der Waals surface area contributed by atoms with Gasteiger partial charge in [0.25, 0.3) is 0 Å². The third kappa shape index (κ3) is 3.01. The largest absolute Gasteiger partial charge is 0.356 e. The molecule has 0 aliphatic heterocycles. The number of nitrogens with zero attached hydrogens (tertiary/aromatic N) is 2. The van der Waals surface area contributed by atoms with E-state index in [1.165, 1.54) is 24.7 Å². The third-order valence-electron chi connectivity index (χ3n) is 1.75. The van der Waals surface area contributed by atoms with Crippen LogP contribution in [0.2, 0.25) is 0 Å². The van der Waals surface area contributed by atoms with E-state index in [2.05, 4.69) is 10.3 Å². The number of imidazole rings is 1. The van der Waals surface area contributed by atoms with Crippen LogP contribution in [-0.4, -0.2) is 27.9 Å². The predicted octanol–water partition coefficient (Wildman–Crippen LogP) is 0.222. The molecule has 5 nitrogen and oxygen atoms in total. The van der Waals surface area contributed by atoms with E-state index in [-0.39, 0.29) is 11.8 Å². The fourth-order valence-corrected chi connectivity index (χ4v) is 1.03. The zero-order valence-electron chi connectivity index (χ0n) is 8.28. The van der Waals surface area contributed by atoms with E-state index in [0.29, 0.717) is 13.0 Å². The fraction of sp³-hybridized carbons (Fsp3) is 0.444. The number of rotatable bonds is 3. The Bertz CT molecular complexity index is 344. The van der Waals surface area contributed by atoms with Crippen LogP contribution in [0.25, 0.3) is 0 Å². The molecule has 0 spiro atoms. The smallest absolute Gasteiger partial charge is 0.228 e. The Kier molecular flexibility index (Phi) is 3.39. The van der Waals surface area contributed by atoms with E-state index in [4.69, 9.17) is 0 Å². The van der Waals surface area contributed by atoms with Crippen LogP contribution in [0.5, 0.6) is 0 Å². The summed E-state index contributed by atoms with van der Waals surface area (Å²) in [5.41, 5.74) is 0.800. The molecule has 0 saturated heterocycles. The first-order valence-electron chi connectivity index (χ1n) is 4.38. The lowest BCUT2D eigenvalue weighted by molar-refractivity contribution is -0.118. The summed E-state index contributed by atoms with van der Waals surface area (Å²) in [7, 11) is 0. The van der Waals surface area contributed by atoms with Gasteiger partial charge >= 0.3 is 0 Å². The Balaban J connectivity index is 2.44. The average molecular weight is 195 g/mol. The highest BCUT2D eigenvalue weighted by Gasteiger charge is 2.01. The monoisotopic (exact) mass is 195 g/mol. The highest BCUT2D eigenvalue weighted by Crippen LogP contribution is 1.96. The molecule has 14 heavy (non-hydrogen) atoms. The van der Waals surface area contributed by atoms with Crippen LogP contribution in [0.15, 0.2) is 12.5 Å². The lowest BCUT2D eigenvalue weighted by Gasteiger charge is -1.98. The first-order valence-corrected chi connectivity index (χ1v) is 4.38. The molecule has 0 unspecified atom stereocenters. The second kappa shape index (κ2) is 4.55. The molecule has 1 aromatic heterocycles. The summed E-state index contributed by atoms with van der Waals surface area (Å²) < 4.78 is 1.42. The molecule has 0 aromatic carbocycles. The van der Waals surface area contributed by atoms with Crippen molar-refractivity contribution in [1.29, 1.82) is 0 Å². The fourth-order valence-electron chi connectivity index (χ4n) is 1.03. The lowest BCUT2D eigenvalue weighted by Crippen LogP contribution is -2.22. The van der Waals surface area contributed by atoms with Gasteiger partial charge < -0.3 is 5.32 Å². The molecule has 0 atom stereocenters. The molecule has 1 amide bonds. The van der Waals surface area contributed by atoms with Gasteiger partial charge in [0.15, 0.2) is 0 Å².